The van der Waals surface area contributed by atoms with E-state index in [0.29, 0.717) is 6.54 Å². The monoisotopic (exact) mass is 391 g/mol. The van der Waals surface area contributed by atoms with E-state index in [2.05, 4.69) is 5.32 Å². The van der Waals surface area contributed by atoms with Crippen LogP contribution in [0.5, 0.6) is 0 Å². The zero-order chi connectivity index (χ0) is 20.8. The molecule has 28 heavy (non-hydrogen) atoms. The van der Waals surface area contributed by atoms with Crippen LogP contribution in [0.25, 0.3) is 0 Å². The number of hydrogen-bond acceptors (Lipinski definition) is 4. The predicted octanol–water partition coefficient (Wildman–Crippen LogP) is 1.82. The standard InChI is InChI=1S/C21H33N3O4/c1-14(2)22-21(27)24-17(11-23(15(3)4)19(26)13-28-5)20(18(24)12-25)16-9-7-6-8-10-16/h6-10,14-15,17-18,20,25H,11-13H2,1-5H3,(H,22,27)/t17-,18+,20-/m0/s1. The van der Waals surface area contributed by atoms with Gasteiger partial charge in [0.1, 0.15) is 6.61 Å². The van der Waals surface area contributed by atoms with Crippen LogP contribution in [0.4, 0.5) is 4.79 Å². The SMILES string of the molecule is COCC(=O)N(C[C@H]1[C@H](c2ccccc2)[C@@H](CO)N1C(=O)NC(C)C)C(C)C. The molecule has 0 aliphatic carbocycles. The third-order valence-electron chi connectivity index (χ3n) is 5.16. The number of aliphatic hydroxyl groups excluding tert-OH is 1. The lowest BCUT2D eigenvalue weighted by molar-refractivity contribution is -0.139. The Morgan fingerprint density at radius 3 is 2.32 bits per heavy atom. The van der Waals surface area contributed by atoms with Crippen molar-refractivity contribution in [2.24, 2.45) is 0 Å². The molecule has 0 unspecified atom stereocenters. The van der Waals surface area contributed by atoms with Crippen molar-refractivity contribution < 1.29 is 19.4 Å². The molecule has 0 spiro atoms. The van der Waals surface area contributed by atoms with Gasteiger partial charge in [0.15, 0.2) is 0 Å². The Bertz CT molecular complexity index is 650. The maximum Gasteiger partial charge on any atom is 0.318 e. The Kier molecular flexibility index (Phi) is 7.83. The molecule has 0 bridgehead atoms. The van der Waals surface area contributed by atoms with Crippen LogP contribution in [0, 0.1) is 0 Å². The average Bonchev–Trinajstić information content (AvgIpc) is 2.61. The van der Waals surface area contributed by atoms with Crippen LogP contribution in [-0.2, 0) is 9.53 Å². The van der Waals surface area contributed by atoms with E-state index in [1.165, 1.54) is 7.11 Å². The van der Waals surface area contributed by atoms with Gasteiger partial charge in [-0.15, -0.1) is 0 Å². The lowest BCUT2D eigenvalue weighted by Gasteiger charge is -2.56. The van der Waals surface area contributed by atoms with Crippen molar-refractivity contribution in [3.05, 3.63) is 35.9 Å². The third-order valence-corrected chi connectivity index (χ3v) is 5.16. The van der Waals surface area contributed by atoms with Crippen LogP contribution >= 0.6 is 0 Å². The topological polar surface area (TPSA) is 82.1 Å². The summed E-state index contributed by atoms with van der Waals surface area (Å²) >= 11 is 0. The molecule has 0 radical (unpaired) electrons. The molecule has 0 saturated carbocycles. The number of carbonyl (C=O) groups excluding carboxylic acids is 2. The summed E-state index contributed by atoms with van der Waals surface area (Å²) in [6.45, 7) is 7.96. The van der Waals surface area contributed by atoms with Gasteiger partial charge < -0.3 is 25.0 Å². The van der Waals surface area contributed by atoms with Gasteiger partial charge in [-0.05, 0) is 33.3 Å². The second-order valence-corrected chi connectivity index (χ2v) is 7.84. The number of amides is 3. The van der Waals surface area contributed by atoms with Crippen molar-refractivity contribution in [1.82, 2.24) is 15.1 Å². The highest BCUT2D eigenvalue weighted by Gasteiger charge is 2.52. The van der Waals surface area contributed by atoms with Crippen LogP contribution in [-0.4, -0.2) is 77.9 Å². The lowest BCUT2D eigenvalue weighted by Crippen LogP contribution is -2.71. The van der Waals surface area contributed by atoms with Crippen molar-refractivity contribution in [3.63, 3.8) is 0 Å². The highest BCUT2D eigenvalue weighted by molar-refractivity contribution is 5.79. The number of nitrogens with zero attached hydrogens (tertiary/aromatic N) is 2. The largest absolute Gasteiger partial charge is 0.394 e. The van der Waals surface area contributed by atoms with E-state index >= 15 is 0 Å². The van der Waals surface area contributed by atoms with Gasteiger partial charge in [-0.3, -0.25) is 4.79 Å². The Morgan fingerprint density at radius 1 is 1.18 bits per heavy atom. The number of ether oxygens (including phenoxy) is 1. The molecule has 2 N–H and O–H groups in total. The smallest absolute Gasteiger partial charge is 0.318 e. The van der Waals surface area contributed by atoms with Crippen molar-refractivity contribution in [1.29, 1.82) is 0 Å². The molecule has 1 saturated heterocycles. The number of hydrogen-bond donors (Lipinski definition) is 2. The van der Waals surface area contributed by atoms with E-state index in [1.54, 1.807) is 9.80 Å². The number of aliphatic hydroxyl groups is 1. The summed E-state index contributed by atoms with van der Waals surface area (Å²) in [5.41, 5.74) is 1.06. The van der Waals surface area contributed by atoms with Gasteiger partial charge in [0.05, 0.1) is 18.7 Å². The lowest BCUT2D eigenvalue weighted by atomic mass is 9.75. The quantitative estimate of drug-likeness (QED) is 0.708. The first-order valence-corrected chi connectivity index (χ1v) is 9.84. The fraction of sp³-hybridized carbons (Fsp3) is 0.619. The van der Waals surface area contributed by atoms with Crippen molar-refractivity contribution in [3.8, 4) is 0 Å². The van der Waals surface area contributed by atoms with Gasteiger partial charge in [-0.1, -0.05) is 30.3 Å². The van der Waals surface area contributed by atoms with Gasteiger partial charge in [0.2, 0.25) is 5.91 Å². The number of methoxy groups -OCH3 is 1. The van der Waals surface area contributed by atoms with Gasteiger partial charge in [0, 0.05) is 31.7 Å². The number of rotatable bonds is 8. The molecular weight excluding hydrogens is 358 g/mol. The Hall–Kier alpha value is -2.12. The van der Waals surface area contributed by atoms with Crippen LogP contribution in [0.15, 0.2) is 30.3 Å². The highest BCUT2D eigenvalue weighted by Crippen LogP contribution is 2.41. The predicted molar refractivity (Wildman–Crippen MR) is 108 cm³/mol. The van der Waals surface area contributed by atoms with Gasteiger partial charge in [-0.25, -0.2) is 4.79 Å². The molecular formula is C21H33N3O4. The molecule has 1 aromatic carbocycles. The molecule has 3 atom stereocenters. The summed E-state index contributed by atoms with van der Waals surface area (Å²) in [7, 11) is 1.50. The van der Waals surface area contributed by atoms with Crippen LogP contribution in [0.3, 0.4) is 0 Å². The number of nitrogens with one attached hydrogen (secondary N) is 1. The molecule has 1 heterocycles. The minimum Gasteiger partial charge on any atom is -0.394 e. The van der Waals surface area contributed by atoms with Crippen molar-refractivity contribution in [2.45, 2.75) is 57.8 Å². The van der Waals surface area contributed by atoms with E-state index in [9.17, 15) is 14.7 Å². The number of carbonyl (C=O) groups is 2. The molecule has 156 valence electrons. The van der Waals surface area contributed by atoms with Gasteiger partial charge >= 0.3 is 6.03 Å². The van der Waals surface area contributed by atoms with Crippen molar-refractivity contribution in [2.75, 3.05) is 26.9 Å². The summed E-state index contributed by atoms with van der Waals surface area (Å²) in [4.78, 5) is 28.8. The summed E-state index contributed by atoms with van der Waals surface area (Å²) in [6.07, 6.45) is 0. The van der Waals surface area contributed by atoms with E-state index in [4.69, 9.17) is 4.74 Å². The van der Waals surface area contributed by atoms with E-state index in [1.807, 2.05) is 58.0 Å². The molecule has 1 aliphatic rings. The number of likely N-dealkylation sites (tertiary alicyclic amines) is 1. The minimum atomic E-state index is -0.322. The highest BCUT2D eigenvalue weighted by atomic mass is 16.5. The first-order chi connectivity index (χ1) is 13.3. The first-order valence-electron chi connectivity index (χ1n) is 9.84. The normalized spacial score (nSPS) is 21.6. The summed E-state index contributed by atoms with van der Waals surface area (Å²) in [5.74, 6) is -0.151. The van der Waals surface area contributed by atoms with Crippen LogP contribution in [0.2, 0.25) is 0 Å². The number of urea groups is 1. The van der Waals surface area contributed by atoms with E-state index in [0.717, 1.165) is 5.56 Å². The van der Waals surface area contributed by atoms with E-state index in [-0.39, 0.29) is 55.2 Å². The molecule has 3 amide bonds. The molecule has 7 heteroatoms. The summed E-state index contributed by atoms with van der Waals surface area (Å²) < 4.78 is 5.02. The summed E-state index contributed by atoms with van der Waals surface area (Å²) in [5, 5.41) is 12.9. The zero-order valence-electron chi connectivity index (χ0n) is 17.5. The average molecular weight is 392 g/mol. The van der Waals surface area contributed by atoms with Crippen LogP contribution in [0.1, 0.15) is 39.2 Å². The molecule has 1 fully saturated rings. The van der Waals surface area contributed by atoms with Crippen molar-refractivity contribution >= 4 is 11.9 Å². The molecule has 0 aromatic heterocycles. The molecule has 1 aromatic rings. The minimum absolute atomic E-state index is 0.00250. The fourth-order valence-electron chi connectivity index (χ4n) is 3.90. The van der Waals surface area contributed by atoms with Gasteiger partial charge in [0.25, 0.3) is 0 Å². The van der Waals surface area contributed by atoms with E-state index < -0.39 is 0 Å². The Morgan fingerprint density at radius 2 is 1.82 bits per heavy atom. The maximum absolute atomic E-state index is 12.8. The summed E-state index contributed by atoms with van der Waals surface area (Å²) in [6, 6.07) is 9.07. The first kappa shape index (κ1) is 22.2. The second-order valence-electron chi connectivity index (χ2n) is 7.84. The van der Waals surface area contributed by atoms with Crippen LogP contribution < -0.4 is 5.32 Å². The maximum atomic E-state index is 12.8. The third kappa shape index (κ3) is 4.83. The fourth-order valence-corrected chi connectivity index (χ4v) is 3.90. The second kappa shape index (κ2) is 9.89. The van der Waals surface area contributed by atoms with Gasteiger partial charge in [-0.2, -0.15) is 0 Å². The molecule has 7 nitrogen and oxygen atoms in total. The Balaban J connectivity index is 2.33. The number of benzene rings is 1. The molecule has 2 rings (SSSR count). The zero-order valence-corrected chi connectivity index (χ0v) is 17.5. The Labute approximate surface area is 167 Å². The molecule has 1 aliphatic heterocycles.